The molecule has 0 aliphatic carbocycles. The van der Waals surface area contributed by atoms with E-state index in [4.69, 9.17) is 5.11 Å². The van der Waals surface area contributed by atoms with Crippen LogP contribution in [0, 0.1) is 11.8 Å². The van der Waals surface area contributed by atoms with Crippen LogP contribution in [-0.4, -0.2) is 26.7 Å². The fourth-order valence-corrected chi connectivity index (χ4v) is 1.19. The molecule has 15 heavy (non-hydrogen) atoms. The molecule has 2 aromatic rings. The van der Waals surface area contributed by atoms with Crippen LogP contribution in [0.25, 0.3) is 5.69 Å². The van der Waals surface area contributed by atoms with Crippen LogP contribution >= 0.6 is 0 Å². The molecule has 0 saturated heterocycles. The molecule has 0 aliphatic heterocycles. The van der Waals surface area contributed by atoms with Crippen LogP contribution in [0.3, 0.4) is 0 Å². The minimum atomic E-state index is -0.120. The Balaban J connectivity index is 2.25. The molecule has 0 radical (unpaired) electrons. The number of aliphatic hydroxyl groups is 1. The van der Waals surface area contributed by atoms with Crippen LogP contribution in [-0.2, 0) is 0 Å². The summed E-state index contributed by atoms with van der Waals surface area (Å²) in [7, 11) is 0. The Labute approximate surface area is 87.2 Å². The molecule has 0 bridgehead atoms. The second-order valence-corrected chi connectivity index (χ2v) is 2.85. The fraction of sp³-hybridized carbons (Fsp3) is 0.0909. The van der Waals surface area contributed by atoms with Crippen LogP contribution in [0.1, 0.15) is 5.56 Å². The first-order valence-electron chi connectivity index (χ1n) is 4.46. The van der Waals surface area contributed by atoms with E-state index in [1.165, 1.54) is 0 Å². The third-order valence-corrected chi connectivity index (χ3v) is 1.87. The molecule has 0 aliphatic rings. The van der Waals surface area contributed by atoms with Gasteiger partial charge < -0.3 is 5.11 Å². The summed E-state index contributed by atoms with van der Waals surface area (Å²) in [5.74, 6) is 5.41. The molecule has 1 N–H and O–H groups in total. The third-order valence-electron chi connectivity index (χ3n) is 1.87. The average Bonchev–Trinajstić information content (AvgIpc) is 2.80. The maximum atomic E-state index is 8.54. The van der Waals surface area contributed by atoms with Gasteiger partial charge in [0.15, 0.2) is 0 Å². The molecule has 2 rings (SSSR count). The number of benzene rings is 1. The van der Waals surface area contributed by atoms with Gasteiger partial charge in [-0.25, -0.2) is 4.68 Å². The van der Waals surface area contributed by atoms with Gasteiger partial charge in [-0.3, -0.25) is 0 Å². The summed E-state index contributed by atoms with van der Waals surface area (Å²) in [5, 5.41) is 16.1. The van der Waals surface area contributed by atoms with Gasteiger partial charge in [0.2, 0.25) is 0 Å². The summed E-state index contributed by atoms with van der Waals surface area (Å²) in [4.78, 5) is 0. The van der Waals surface area contributed by atoms with Crippen LogP contribution in [0.2, 0.25) is 0 Å². The lowest BCUT2D eigenvalue weighted by atomic mass is 10.2. The predicted molar refractivity (Wildman–Crippen MR) is 55.3 cm³/mol. The first-order valence-corrected chi connectivity index (χ1v) is 4.46. The minimum absolute atomic E-state index is 0.120. The first kappa shape index (κ1) is 9.44. The molecular weight excluding hydrogens is 190 g/mol. The normalized spacial score (nSPS) is 9.40. The van der Waals surface area contributed by atoms with Crippen molar-refractivity contribution in [1.82, 2.24) is 15.0 Å². The van der Waals surface area contributed by atoms with Gasteiger partial charge in [-0.15, -0.1) is 5.10 Å². The summed E-state index contributed by atoms with van der Waals surface area (Å²) in [5.41, 5.74) is 1.80. The van der Waals surface area contributed by atoms with Gasteiger partial charge >= 0.3 is 0 Å². The smallest absolute Gasteiger partial charge is 0.104 e. The molecule has 4 nitrogen and oxygen atoms in total. The fourth-order valence-electron chi connectivity index (χ4n) is 1.19. The van der Waals surface area contributed by atoms with Gasteiger partial charge in [0.25, 0.3) is 0 Å². The van der Waals surface area contributed by atoms with Crippen molar-refractivity contribution < 1.29 is 5.11 Å². The van der Waals surface area contributed by atoms with Crippen LogP contribution in [0.4, 0.5) is 0 Å². The van der Waals surface area contributed by atoms with E-state index in [1.807, 2.05) is 24.3 Å². The Kier molecular flexibility index (Phi) is 2.77. The largest absolute Gasteiger partial charge is 0.384 e. The second-order valence-electron chi connectivity index (χ2n) is 2.85. The lowest BCUT2D eigenvalue weighted by Crippen LogP contribution is -1.94. The predicted octanol–water partition coefficient (Wildman–Crippen LogP) is 0.611. The van der Waals surface area contributed by atoms with Crippen molar-refractivity contribution in [3.05, 3.63) is 42.2 Å². The summed E-state index contributed by atoms with van der Waals surface area (Å²) in [6.45, 7) is -0.120. The number of hydrogen-bond acceptors (Lipinski definition) is 3. The summed E-state index contributed by atoms with van der Waals surface area (Å²) in [6.07, 6.45) is 3.40. The molecule has 0 atom stereocenters. The van der Waals surface area contributed by atoms with E-state index >= 15 is 0 Å². The zero-order valence-electron chi connectivity index (χ0n) is 7.96. The van der Waals surface area contributed by atoms with E-state index in [0.29, 0.717) is 0 Å². The van der Waals surface area contributed by atoms with Gasteiger partial charge in [0, 0.05) is 5.56 Å². The standard InChI is InChI=1S/C11H9N3O/c15-9-1-2-10-3-5-11(6-4-10)14-8-7-12-13-14/h3-8,15H,9H2. The van der Waals surface area contributed by atoms with Crippen molar-refractivity contribution in [1.29, 1.82) is 0 Å². The van der Waals surface area contributed by atoms with Gasteiger partial charge in [-0.05, 0) is 24.3 Å². The molecule has 4 heteroatoms. The highest BCUT2D eigenvalue weighted by molar-refractivity contribution is 5.41. The molecule has 0 spiro atoms. The zero-order chi connectivity index (χ0) is 10.5. The van der Waals surface area contributed by atoms with Gasteiger partial charge in [-0.1, -0.05) is 17.1 Å². The molecule has 0 unspecified atom stereocenters. The summed E-state index contributed by atoms with van der Waals surface area (Å²) >= 11 is 0. The van der Waals surface area contributed by atoms with Crippen molar-refractivity contribution in [2.75, 3.05) is 6.61 Å². The molecular formula is C11H9N3O. The van der Waals surface area contributed by atoms with E-state index in [2.05, 4.69) is 22.2 Å². The van der Waals surface area contributed by atoms with Crippen LogP contribution in [0.15, 0.2) is 36.7 Å². The number of aliphatic hydroxyl groups excluding tert-OH is 1. The topological polar surface area (TPSA) is 50.9 Å². The summed E-state index contributed by atoms with van der Waals surface area (Å²) in [6, 6.07) is 7.55. The highest BCUT2D eigenvalue weighted by atomic mass is 16.2. The maximum absolute atomic E-state index is 8.54. The quantitative estimate of drug-likeness (QED) is 0.685. The average molecular weight is 199 g/mol. The lowest BCUT2D eigenvalue weighted by molar-refractivity contribution is 0.350. The molecule has 0 amide bonds. The monoisotopic (exact) mass is 199 g/mol. The number of nitrogens with zero attached hydrogens (tertiary/aromatic N) is 3. The first-order chi connectivity index (χ1) is 7.40. The van der Waals surface area contributed by atoms with Crippen molar-refractivity contribution in [2.45, 2.75) is 0 Å². The minimum Gasteiger partial charge on any atom is -0.384 e. The van der Waals surface area contributed by atoms with Crippen molar-refractivity contribution in [3.8, 4) is 17.5 Å². The van der Waals surface area contributed by atoms with Crippen molar-refractivity contribution >= 4 is 0 Å². The van der Waals surface area contributed by atoms with E-state index in [9.17, 15) is 0 Å². The highest BCUT2D eigenvalue weighted by Gasteiger charge is 1.95. The molecule has 1 aromatic carbocycles. The Morgan fingerprint density at radius 1 is 1.27 bits per heavy atom. The third kappa shape index (κ3) is 2.22. The summed E-state index contributed by atoms with van der Waals surface area (Å²) < 4.78 is 1.67. The molecule has 0 saturated carbocycles. The van der Waals surface area contributed by atoms with E-state index in [0.717, 1.165) is 11.3 Å². The molecule has 74 valence electrons. The maximum Gasteiger partial charge on any atom is 0.104 e. The lowest BCUT2D eigenvalue weighted by Gasteiger charge is -1.98. The number of rotatable bonds is 1. The number of aromatic nitrogens is 3. The van der Waals surface area contributed by atoms with Crippen molar-refractivity contribution in [3.63, 3.8) is 0 Å². The van der Waals surface area contributed by atoms with Crippen LogP contribution < -0.4 is 0 Å². The van der Waals surface area contributed by atoms with E-state index < -0.39 is 0 Å². The molecule has 1 heterocycles. The van der Waals surface area contributed by atoms with E-state index in [1.54, 1.807) is 17.1 Å². The zero-order valence-corrected chi connectivity index (χ0v) is 7.96. The van der Waals surface area contributed by atoms with Crippen molar-refractivity contribution in [2.24, 2.45) is 0 Å². The molecule has 1 aromatic heterocycles. The Morgan fingerprint density at radius 3 is 2.67 bits per heavy atom. The molecule has 0 fully saturated rings. The Morgan fingerprint density at radius 2 is 2.07 bits per heavy atom. The van der Waals surface area contributed by atoms with E-state index in [-0.39, 0.29) is 6.61 Å². The van der Waals surface area contributed by atoms with Crippen LogP contribution in [0.5, 0.6) is 0 Å². The van der Waals surface area contributed by atoms with Gasteiger partial charge in [0.05, 0.1) is 18.1 Å². The second kappa shape index (κ2) is 4.40. The SMILES string of the molecule is OCC#Cc1ccc(-n2ccnn2)cc1. The van der Waals surface area contributed by atoms with Gasteiger partial charge in [0.1, 0.15) is 6.61 Å². The highest BCUT2D eigenvalue weighted by Crippen LogP contribution is 2.06. The number of hydrogen-bond donors (Lipinski definition) is 1. The van der Waals surface area contributed by atoms with Gasteiger partial charge in [-0.2, -0.15) is 0 Å². The Hall–Kier alpha value is -2.12. The Bertz CT molecular complexity index is 477.